The Bertz CT molecular complexity index is 366. The minimum atomic E-state index is 0.476. The molecule has 0 saturated heterocycles. The third-order valence-corrected chi connectivity index (χ3v) is 3.59. The number of aromatic nitrogens is 1. The number of ether oxygens (including phenoxy) is 1. The van der Waals surface area contributed by atoms with E-state index >= 15 is 0 Å². The van der Waals surface area contributed by atoms with Gasteiger partial charge in [0.25, 0.3) is 0 Å². The smallest absolute Gasteiger partial charge is 0.142 e. The maximum Gasteiger partial charge on any atom is 0.142 e. The second-order valence-corrected chi connectivity index (χ2v) is 5.75. The maximum atomic E-state index is 6.02. The SMILES string of the molecule is CCCCC(CC)COc1cnccc1CNC(C)C. The molecule has 3 nitrogen and oxygen atoms in total. The van der Waals surface area contributed by atoms with E-state index in [2.05, 4.69) is 38.0 Å². The van der Waals surface area contributed by atoms with E-state index in [1.807, 2.05) is 18.5 Å². The van der Waals surface area contributed by atoms with Gasteiger partial charge in [0.2, 0.25) is 0 Å². The van der Waals surface area contributed by atoms with Crippen molar-refractivity contribution in [3.63, 3.8) is 0 Å². The molecule has 20 heavy (non-hydrogen) atoms. The van der Waals surface area contributed by atoms with E-state index in [1.165, 1.54) is 31.2 Å². The van der Waals surface area contributed by atoms with Gasteiger partial charge in [0.05, 0.1) is 12.8 Å². The minimum Gasteiger partial charge on any atom is -0.491 e. The predicted molar refractivity (Wildman–Crippen MR) is 85.0 cm³/mol. The fourth-order valence-corrected chi connectivity index (χ4v) is 2.10. The molecule has 0 bridgehead atoms. The Morgan fingerprint density at radius 1 is 1.30 bits per heavy atom. The maximum absolute atomic E-state index is 6.02. The number of unbranched alkanes of at least 4 members (excludes halogenated alkanes) is 1. The molecule has 1 rings (SSSR count). The Hall–Kier alpha value is -1.09. The zero-order valence-corrected chi connectivity index (χ0v) is 13.5. The summed E-state index contributed by atoms with van der Waals surface area (Å²) in [5.74, 6) is 1.58. The van der Waals surface area contributed by atoms with Crippen LogP contribution in [0.15, 0.2) is 18.5 Å². The molecule has 0 aliphatic carbocycles. The summed E-state index contributed by atoms with van der Waals surface area (Å²) >= 11 is 0. The summed E-state index contributed by atoms with van der Waals surface area (Å²) in [5.41, 5.74) is 1.19. The van der Waals surface area contributed by atoms with Crippen molar-refractivity contribution in [2.45, 2.75) is 66.0 Å². The monoisotopic (exact) mass is 278 g/mol. The summed E-state index contributed by atoms with van der Waals surface area (Å²) in [5, 5.41) is 3.43. The highest BCUT2D eigenvalue weighted by Crippen LogP contribution is 2.20. The zero-order valence-electron chi connectivity index (χ0n) is 13.5. The van der Waals surface area contributed by atoms with Gasteiger partial charge in [-0.1, -0.05) is 47.0 Å². The molecule has 0 aliphatic rings. The molecular formula is C17H30N2O. The van der Waals surface area contributed by atoms with E-state index in [4.69, 9.17) is 4.74 Å². The quantitative estimate of drug-likeness (QED) is 0.697. The third kappa shape index (κ3) is 6.38. The molecule has 114 valence electrons. The van der Waals surface area contributed by atoms with E-state index in [9.17, 15) is 0 Å². The average molecular weight is 278 g/mol. The van der Waals surface area contributed by atoms with Crippen molar-refractivity contribution in [2.75, 3.05) is 6.61 Å². The van der Waals surface area contributed by atoms with Gasteiger partial charge in [0.15, 0.2) is 0 Å². The summed E-state index contributed by atoms with van der Waals surface area (Å²) in [7, 11) is 0. The Morgan fingerprint density at radius 3 is 2.75 bits per heavy atom. The molecule has 0 fully saturated rings. The van der Waals surface area contributed by atoms with Gasteiger partial charge in [-0.15, -0.1) is 0 Å². The molecule has 3 heteroatoms. The largest absolute Gasteiger partial charge is 0.491 e. The number of hydrogen-bond acceptors (Lipinski definition) is 3. The molecule has 1 aromatic heterocycles. The van der Waals surface area contributed by atoms with Gasteiger partial charge in [-0.25, -0.2) is 0 Å². The van der Waals surface area contributed by atoms with Crippen LogP contribution in [0.3, 0.4) is 0 Å². The van der Waals surface area contributed by atoms with Gasteiger partial charge in [0.1, 0.15) is 5.75 Å². The summed E-state index contributed by atoms with van der Waals surface area (Å²) in [4.78, 5) is 4.19. The standard InChI is InChI=1S/C17H30N2O/c1-5-7-8-15(6-2)13-20-17-12-18-10-9-16(17)11-19-14(3)4/h9-10,12,14-15,19H,5-8,11,13H2,1-4H3. The zero-order chi connectivity index (χ0) is 14.8. The van der Waals surface area contributed by atoms with E-state index < -0.39 is 0 Å². The molecule has 0 aromatic carbocycles. The Kier molecular flexibility index (Phi) is 8.28. The van der Waals surface area contributed by atoms with Crippen molar-refractivity contribution in [1.29, 1.82) is 0 Å². The van der Waals surface area contributed by atoms with Crippen molar-refractivity contribution >= 4 is 0 Å². The van der Waals surface area contributed by atoms with E-state index in [-0.39, 0.29) is 0 Å². The first kappa shape index (κ1) is 17.0. The Balaban J connectivity index is 2.53. The highest BCUT2D eigenvalue weighted by atomic mass is 16.5. The lowest BCUT2D eigenvalue weighted by Gasteiger charge is -2.18. The Morgan fingerprint density at radius 2 is 2.10 bits per heavy atom. The van der Waals surface area contributed by atoms with E-state index in [0.717, 1.165) is 18.9 Å². The number of pyridine rings is 1. The van der Waals surface area contributed by atoms with Crippen LogP contribution in [0.25, 0.3) is 0 Å². The van der Waals surface area contributed by atoms with Crippen molar-refractivity contribution in [1.82, 2.24) is 10.3 Å². The second kappa shape index (κ2) is 9.76. The number of rotatable bonds is 10. The molecule has 0 aliphatic heterocycles. The molecule has 0 spiro atoms. The van der Waals surface area contributed by atoms with Crippen LogP contribution in [0.5, 0.6) is 5.75 Å². The fourth-order valence-electron chi connectivity index (χ4n) is 2.10. The van der Waals surface area contributed by atoms with Gasteiger partial charge in [-0.05, 0) is 18.4 Å². The molecule has 0 amide bonds. The van der Waals surface area contributed by atoms with Gasteiger partial charge < -0.3 is 10.1 Å². The topological polar surface area (TPSA) is 34.1 Å². The van der Waals surface area contributed by atoms with Crippen LogP contribution < -0.4 is 10.1 Å². The average Bonchev–Trinajstić information content (AvgIpc) is 2.46. The number of nitrogens with zero attached hydrogens (tertiary/aromatic N) is 1. The molecule has 1 N–H and O–H groups in total. The predicted octanol–water partition coefficient (Wildman–Crippen LogP) is 4.17. The van der Waals surface area contributed by atoms with E-state index in [1.54, 1.807) is 0 Å². The number of hydrogen-bond donors (Lipinski definition) is 1. The molecule has 1 aromatic rings. The molecule has 0 radical (unpaired) electrons. The first-order chi connectivity index (χ1) is 9.67. The van der Waals surface area contributed by atoms with Gasteiger partial charge in [-0.2, -0.15) is 0 Å². The normalized spacial score (nSPS) is 12.7. The fraction of sp³-hybridized carbons (Fsp3) is 0.706. The van der Waals surface area contributed by atoms with Crippen LogP contribution in [-0.4, -0.2) is 17.6 Å². The Labute approximate surface area is 124 Å². The summed E-state index contributed by atoms with van der Waals surface area (Å²) < 4.78 is 6.02. The van der Waals surface area contributed by atoms with Gasteiger partial charge in [0, 0.05) is 24.3 Å². The lowest BCUT2D eigenvalue weighted by Crippen LogP contribution is -2.22. The summed E-state index contributed by atoms with van der Waals surface area (Å²) in [6.45, 7) is 10.4. The van der Waals surface area contributed by atoms with Crippen LogP contribution in [0, 0.1) is 5.92 Å². The molecule has 1 atom stereocenters. The number of nitrogens with one attached hydrogen (secondary N) is 1. The highest BCUT2D eigenvalue weighted by molar-refractivity contribution is 5.29. The summed E-state index contributed by atoms with van der Waals surface area (Å²) in [6, 6.07) is 2.52. The molecule has 1 heterocycles. The molecule has 0 saturated carbocycles. The van der Waals surface area contributed by atoms with E-state index in [0.29, 0.717) is 12.0 Å². The van der Waals surface area contributed by atoms with Crippen molar-refractivity contribution in [2.24, 2.45) is 5.92 Å². The van der Waals surface area contributed by atoms with Crippen LogP contribution >= 0.6 is 0 Å². The first-order valence-corrected chi connectivity index (χ1v) is 7.96. The van der Waals surface area contributed by atoms with Crippen molar-refractivity contribution < 1.29 is 4.74 Å². The third-order valence-electron chi connectivity index (χ3n) is 3.59. The van der Waals surface area contributed by atoms with Gasteiger partial charge >= 0.3 is 0 Å². The summed E-state index contributed by atoms with van der Waals surface area (Å²) in [6.07, 6.45) is 8.65. The minimum absolute atomic E-state index is 0.476. The van der Waals surface area contributed by atoms with Crippen LogP contribution in [0.4, 0.5) is 0 Å². The van der Waals surface area contributed by atoms with Crippen LogP contribution in [0.1, 0.15) is 58.9 Å². The van der Waals surface area contributed by atoms with Crippen molar-refractivity contribution in [3.8, 4) is 5.75 Å². The molecule has 1 unspecified atom stereocenters. The van der Waals surface area contributed by atoms with Crippen LogP contribution in [-0.2, 0) is 6.54 Å². The lowest BCUT2D eigenvalue weighted by atomic mass is 10.0. The van der Waals surface area contributed by atoms with Gasteiger partial charge in [-0.3, -0.25) is 4.98 Å². The van der Waals surface area contributed by atoms with Crippen LogP contribution in [0.2, 0.25) is 0 Å². The lowest BCUT2D eigenvalue weighted by molar-refractivity contribution is 0.230. The first-order valence-electron chi connectivity index (χ1n) is 7.96. The molecular weight excluding hydrogens is 248 g/mol. The second-order valence-electron chi connectivity index (χ2n) is 5.75. The highest BCUT2D eigenvalue weighted by Gasteiger charge is 2.09. The van der Waals surface area contributed by atoms with Crippen molar-refractivity contribution in [3.05, 3.63) is 24.0 Å².